The lowest BCUT2D eigenvalue weighted by Gasteiger charge is -2.10. The van der Waals surface area contributed by atoms with Gasteiger partial charge in [0.1, 0.15) is 0 Å². The fourth-order valence-electron chi connectivity index (χ4n) is 1.46. The summed E-state index contributed by atoms with van der Waals surface area (Å²) in [4.78, 5) is 0. The number of benzene rings is 1. The highest BCUT2D eigenvalue weighted by Gasteiger charge is 2.04. The lowest BCUT2D eigenvalue weighted by atomic mass is 10.1. The fourth-order valence-corrected chi connectivity index (χ4v) is 1.46. The van der Waals surface area contributed by atoms with E-state index in [1.54, 1.807) is 10.9 Å². The molecule has 1 aromatic carbocycles. The summed E-state index contributed by atoms with van der Waals surface area (Å²) >= 11 is 0. The van der Waals surface area contributed by atoms with Crippen LogP contribution in [0.1, 0.15) is 11.6 Å². The minimum atomic E-state index is -0.111. The zero-order chi connectivity index (χ0) is 10.7. The Kier molecular flexibility index (Phi) is 2.80. The van der Waals surface area contributed by atoms with Gasteiger partial charge in [0, 0.05) is 25.0 Å². The second kappa shape index (κ2) is 4.25. The lowest BCUT2D eigenvalue weighted by molar-refractivity contribution is 0.734. The van der Waals surface area contributed by atoms with Gasteiger partial charge in [-0.15, -0.1) is 0 Å². The van der Waals surface area contributed by atoms with Gasteiger partial charge in [-0.2, -0.15) is 5.10 Å². The maximum Gasteiger partial charge on any atom is 0.0648 e. The number of hydrogen-bond acceptors (Lipinski definition) is 3. The van der Waals surface area contributed by atoms with Crippen molar-refractivity contribution < 1.29 is 0 Å². The smallest absolute Gasteiger partial charge is 0.0648 e. The van der Waals surface area contributed by atoms with Crippen LogP contribution in [0.5, 0.6) is 0 Å². The third kappa shape index (κ3) is 2.06. The highest BCUT2D eigenvalue weighted by molar-refractivity contribution is 5.36. The van der Waals surface area contributed by atoms with Crippen LogP contribution in [0.3, 0.4) is 0 Å². The first-order valence-electron chi connectivity index (χ1n) is 4.87. The largest absolute Gasteiger partial charge is 0.329 e. The molecule has 0 saturated heterocycles. The molecular weight excluding hydrogens is 188 g/mol. The average molecular weight is 202 g/mol. The Morgan fingerprint density at radius 1 is 1.33 bits per heavy atom. The topological polar surface area (TPSA) is 69.9 Å². The molecule has 2 rings (SSSR count). The summed E-state index contributed by atoms with van der Waals surface area (Å²) in [5.41, 5.74) is 13.4. The molecule has 0 bridgehead atoms. The third-order valence-electron chi connectivity index (χ3n) is 2.32. The van der Waals surface area contributed by atoms with Crippen molar-refractivity contribution in [3.8, 4) is 5.69 Å². The Bertz CT molecular complexity index is 422. The molecule has 0 radical (unpaired) electrons. The Morgan fingerprint density at radius 3 is 2.87 bits per heavy atom. The van der Waals surface area contributed by atoms with Crippen LogP contribution in [-0.4, -0.2) is 16.3 Å². The minimum absolute atomic E-state index is 0.111. The predicted octanol–water partition coefficient (Wildman–Crippen LogP) is 0.831. The van der Waals surface area contributed by atoms with Crippen LogP contribution in [0.2, 0.25) is 0 Å². The van der Waals surface area contributed by atoms with E-state index in [-0.39, 0.29) is 6.04 Å². The van der Waals surface area contributed by atoms with Gasteiger partial charge in [0.15, 0.2) is 0 Å². The van der Waals surface area contributed by atoms with Gasteiger partial charge in [-0.25, -0.2) is 4.68 Å². The second-order valence-corrected chi connectivity index (χ2v) is 3.39. The van der Waals surface area contributed by atoms with Gasteiger partial charge in [-0.1, -0.05) is 12.1 Å². The third-order valence-corrected chi connectivity index (χ3v) is 2.32. The lowest BCUT2D eigenvalue weighted by Crippen LogP contribution is -2.20. The Morgan fingerprint density at radius 2 is 2.20 bits per heavy atom. The molecule has 1 aromatic heterocycles. The van der Waals surface area contributed by atoms with Gasteiger partial charge in [0.2, 0.25) is 0 Å². The molecule has 0 unspecified atom stereocenters. The van der Waals surface area contributed by atoms with Crippen molar-refractivity contribution in [1.82, 2.24) is 9.78 Å². The first-order valence-corrected chi connectivity index (χ1v) is 4.87. The van der Waals surface area contributed by atoms with Crippen LogP contribution in [0.25, 0.3) is 5.69 Å². The minimum Gasteiger partial charge on any atom is -0.329 e. The fraction of sp³-hybridized carbons (Fsp3) is 0.182. The summed E-state index contributed by atoms with van der Waals surface area (Å²) in [6.07, 6.45) is 3.64. The van der Waals surface area contributed by atoms with E-state index >= 15 is 0 Å². The maximum atomic E-state index is 5.86. The average Bonchev–Trinajstić information content (AvgIpc) is 2.82. The zero-order valence-electron chi connectivity index (χ0n) is 8.38. The van der Waals surface area contributed by atoms with Crippen molar-refractivity contribution in [3.63, 3.8) is 0 Å². The summed E-state index contributed by atoms with van der Waals surface area (Å²) in [5.74, 6) is 0. The molecule has 0 amide bonds. The molecule has 1 atom stereocenters. The van der Waals surface area contributed by atoms with Crippen LogP contribution in [0, 0.1) is 0 Å². The number of aromatic nitrogens is 2. The predicted molar refractivity (Wildman–Crippen MR) is 59.5 cm³/mol. The van der Waals surface area contributed by atoms with E-state index in [0.717, 1.165) is 11.3 Å². The Balaban J connectivity index is 2.35. The summed E-state index contributed by atoms with van der Waals surface area (Å²) in [7, 11) is 0. The van der Waals surface area contributed by atoms with Crippen molar-refractivity contribution in [2.45, 2.75) is 6.04 Å². The molecule has 0 fully saturated rings. The van der Waals surface area contributed by atoms with Gasteiger partial charge < -0.3 is 11.5 Å². The van der Waals surface area contributed by atoms with Gasteiger partial charge >= 0.3 is 0 Å². The molecule has 4 N–H and O–H groups in total. The molecule has 0 spiro atoms. The molecular formula is C11H14N4. The summed E-state index contributed by atoms with van der Waals surface area (Å²) in [6, 6.07) is 9.70. The molecule has 78 valence electrons. The van der Waals surface area contributed by atoms with Crippen molar-refractivity contribution >= 4 is 0 Å². The van der Waals surface area contributed by atoms with Crippen LogP contribution >= 0.6 is 0 Å². The number of nitrogens with two attached hydrogens (primary N) is 2. The van der Waals surface area contributed by atoms with Crippen LogP contribution in [0.4, 0.5) is 0 Å². The number of nitrogens with zero attached hydrogens (tertiary/aromatic N) is 2. The van der Waals surface area contributed by atoms with Crippen molar-refractivity contribution in [2.75, 3.05) is 6.54 Å². The van der Waals surface area contributed by atoms with Crippen LogP contribution in [-0.2, 0) is 0 Å². The van der Waals surface area contributed by atoms with Gasteiger partial charge in [-0.05, 0) is 23.8 Å². The number of rotatable bonds is 3. The molecule has 0 aliphatic rings. The quantitative estimate of drug-likeness (QED) is 0.774. The Hall–Kier alpha value is -1.65. The monoisotopic (exact) mass is 202 g/mol. The van der Waals surface area contributed by atoms with E-state index < -0.39 is 0 Å². The highest BCUT2D eigenvalue weighted by atomic mass is 15.3. The van der Waals surface area contributed by atoms with E-state index in [4.69, 9.17) is 11.5 Å². The molecule has 4 nitrogen and oxygen atoms in total. The first kappa shape index (κ1) is 9.89. The summed E-state index contributed by atoms with van der Waals surface area (Å²) in [5, 5.41) is 4.16. The molecule has 0 aliphatic carbocycles. The van der Waals surface area contributed by atoms with Gasteiger partial charge in [-0.3, -0.25) is 0 Å². The molecule has 2 aromatic rings. The summed E-state index contributed by atoms with van der Waals surface area (Å²) < 4.78 is 1.80. The second-order valence-electron chi connectivity index (χ2n) is 3.39. The molecule has 4 heteroatoms. The summed E-state index contributed by atoms with van der Waals surface area (Å²) in [6.45, 7) is 0.447. The van der Waals surface area contributed by atoms with E-state index in [0.29, 0.717) is 6.54 Å². The van der Waals surface area contributed by atoms with E-state index in [1.165, 1.54) is 0 Å². The van der Waals surface area contributed by atoms with E-state index in [9.17, 15) is 0 Å². The van der Waals surface area contributed by atoms with Crippen molar-refractivity contribution in [1.29, 1.82) is 0 Å². The highest BCUT2D eigenvalue weighted by Crippen LogP contribution is 2.14. The zero-order valence-corrected chi connectivity index (χ0v) is 8.38. The van der Waals surface area contributed by atoms with E-state index in [1.807, 2.05) is 36.5 Å². The van der Waals surface area contributed by atoms with E-state index in [2.05, 4.69) is 5.10 Å². The maximum absolute atomic E-state index is 5.86. The first-order chi connectivity index (χ1) is 7.31. The van der Waals surface area contributed by atoms with Crippen LogP contribution in [0.15, 0.2) is 42.7 Å². The van der Waals surface area contributed by atoms with Crippen molar-refractivity contribution in [3.05, 3.63) is 48.3 Å². The standard InChI is InChI=1S/C11H14N4/c12-8-11(13)9-3-1-4-10(7-9)15-6-2-5-14-15/h1-7,11H,8,12-13H2/t11-/m0/s1. The van der Waals surface area contributed by atoms with Gasteiger partial charge in [0.25, 0.3) is 0 Å². The normalized spacial score (nSPS) is 12.7. The molecule has 15 heavy (non-hydrogen) atoms. The molecule has 1 heterocycles. The van der Waals surface area contributed by atoms with Gasteiger partial charge in [0.05, 0.1) is 5.69 Å². The number of hydrogen-bond donors (Lipinski definition) is 2. The van der Waals surface area contributed by atoms with Crippen LogP contribution < -0.4 is 11.5 Å². The molecule has 0 aliphatic heterocycles. The SMILES string of the molecule is NC[C@H](N)c1cccc(-n2cccn2)c1. The molecule has 0 saturated carbocycles. The Labute approximate surface area is 88.5 Å². The van der Waals surface area contributed by atoms with Crippen molar-refractivity contribution in [2.24, 2.45) is 11.5 Å².